The van der Waals surface area contributed by atoms with Crippen LogP contribution in [0.15, 0.2) is 36.7 Å². The monoisotopic (exact) mass is 172 g/mol. The summed E-state index contributed by atoms with van der Waals surface area (Å²) in [5, 5.41) is 4.19. The van der Waals surface area contributed by atoms with E-state index in [4.69, 9.17) is 0 Å². The number of benzene rings is 1. The first-order valence-corrected chi connectivity index (χ1v) is 4.34. The predicted molar refractivity (Wildman–Crippen MR) is 53.0 cm³/mol. The minimum absolute atomic E-state index is 1.15. The Hall–Kier alpha value is -1.57. The smallest absolute Gasteiger partial charge is 0.0674 e. The van der Waals surface area contributed by atoms with Gasteiger partial charge >= 0.3 is 0 Å². The summed E-state index contributed by atoms with van der Waals surface area (Å²) < 4.78 is 1.88. The van der Waals surface area contributed by atoms with Crippen molar-refractivity contribution in [1.82, 2.24) is 9.78 Å². The molecule has 0 aliphatic rings. The van der Waals surface area contributed by atoms with E-state index >= 15 is 0 Å². The second kappa shape index (κ2) is 3.05. The van der Waals surface area contributed by atoms with Gasteiger partial charge in [-0.2, -0.15) is 5.10 Å². The molecule has 0 unspecified atom stereocenters. The van der Waals surface area contributed by atoms with Gasteiger partial charge < -0.3 is 0 Å². The fourth-order valence-electron chi connectivity index (χ4n) is 1.47. The lowest BCUT2D eigenvalue weighted by atomic mass is 10.1. The zero-order chi connectivity index (χ0) is 9.26. The van der Waals surface area contributed by atoms with Crippen LogP contribution in [0.1, 0.15) is 11.1 Å². The van der Waals surface area contributed by atoms with Gasteiger partial charge in [0.25, 0.3) is 0 Å². The van der Waals surface area contributed by atoms with E-state index in [1.54, 1.807) is 6.20 Å². The topological polar surface area (TPSA) is 17.8 Å². The minimum Gasteiger partial charge on any atom is -0.241 e. The highest BCUT2D eigenvalue weighted by Gasteiger charge is 1.99. The van der Waals surface area contributed by atoms with Crippen LogP contribution >= 0.6 is 0 Å². The van der Waals surface area contributed by atoms with Crippen molar-refractivity contribution in [2.75, 3.05) is 0 Å². The second-order valence-corrected chi connectivity index (χ2v) is 3.24. The molecule has 0 radical (unpaired) electrons. The van der Waals surface area contributed by atoms with Gasteiger partial charge in [0.1, 0.15) is 0 Å². The molecule has 1 heterocycles. The van der Waals surface area contributed by atoms with Crippen molar-refractivity contribution in [3.8, 4) is 5.69 Å². The molecule has 0 bridgehead atoms. The van der Waals surface area contributed by atoms with E-state index in [1.807, 2.05) is 16.9 Å². The number of aromatic nitrogens is 2. The lowest BCUT2D eigenvalue weighted by Crippen LogP contribution is -1.97. The molecule has 0 aliphatic carbocycles. The van der Waals surface area contributed by atoms with Crippen molar-refractivity contribution in [3.05, 3.63) is 47.8 Å². The highest BCUT2D eigenvalue weighted by Crippen LogP contribution is 2.13. The Morgan fingerprint density at radius 2 is 2.08 bits per heavy atom. The molecule has 0 fully saturated rings. The number of aryl methyl sites for hydroxylation is 2. The van der Waals surface area contributed by atoms with Crippen LogP contribution in [0, 0.1) is 13.8 Å². The zero-order valence-corrected chi connectivity index (χ0v) is 7.86. The number of hydrogen-bond donors (Lipinski definition) is 0. The average molecular weight is 172 g/mol. The standard InChI is InChI=1S/C11H12N2/c1-9-4-5-11(10(2)8-9)13-7-3-6-12-13/h3-8H,1-2H3. The molecule has 0 aliphatic heterocycles. The molecule has 13 heavy (non-hydrogen) atoms. The van der Waals surface area contributed by atoms with E-state index in [2.05, 4.69) is 37.1 Å². The van der Waals surface area contributed by atoms with Gasteiger partial charge in [-0.3, -0.25) is 0 Å². The van der Waals surface area contributed by atoms with Crippen LogP contribution in [0.5, 0.6) is 0 Å². The van der Waals surface area contributed by atoms with Crippen molar-refractivity contribution in [2.45, 2.75) is 13.8 Å². The van der Waals surface area contributed by atoms with Gasteiger partial charge in [0.15, 0.2) is 0 Å². The molecule has 0 spiro atoms. The summed E-state index contributed by atoms with van der Waals surface area (Å²) >= 11 is 0. The van der Waals surface area contributed by atoms with Gasteiger partial charge in [0, 0.05) is 12.4 Å². The van der Waals surface area contributed by atoms with Crippen molar-refractivity contribution in [3.63, 3.8) is 0 Å². The quantitative estimate of drug-likeness (QED) is 0.646. The SMILES string of the molecule is Cc1ccc(-n2cccn2)c(C)c1. The van der Waals surface area contributed by atoms with Crippen LogP contribution < -0.4 is 0 Å². The molecule has 2 rings (SSSR count). The molecule has 2 nitrogen and oxygen atoms in total. The van der Waals surface area contributed by atoms with E-state index < -0.39 is 0 Å². The number of hydrogen-bond acceptors (Lipinski definition) is 1. The highest BCUT2D eigenvalue weighted by molar-refractivity contribution is 5.41. The molecule has 2 heteroatoms. The van der Waals surface area contributed by atoms with Crippen LogP contribution in [0.2, 0.25) is 0 Å². The Kier molecular flexibility index (Phi) is 1.89. The second-order valence-electron chi connectivity index (χ2n) is 3.24. The van der Waals surface area contributed by atoms with Crippen molar-refractivity contribution in [1.29, 1.82) is 0 Å². The molecule has 2 aromatic rings. The zero-order valence-electron chi connectivity index (χ0n) is 7.86. The van der Waals surface area contributed by atoms with Gasteiger partial charge in [-0.1, -0.05) is 17.7 Å². The lowest BCUT2D eigenvalue weighted by Gasteiger charge is -2.05. The molecular formula is C11H12N2. The Labute approximate surface area is 77.8 Å². The van der Waals surface area contributed by atoms with Crippen LogP contribution in [0.3, 0.4) is 0 Å². The van der Waals surface area contributed by atoms with Gasteiger partial charge in [-0.25, -0.2) is 4.68 Å². The molecule has 66 valence electrons. The molecule has 0 atom stereocenters. The van der Waals surface area contributed by atoms with E-state index in [0.29, 0.717) is 0 Å². The molecule has 0 saturated heterocycles. The fraction of sp³-hybridized carbons (Fsp3) is 0.182. The Morgan fingerprint density at radius 3 is 2.69 bits per heavy atom. The van der Waals surface area contributed by atoms with Gasteiger partial charge in [-0.15, -0.1) is 0 Å². The maximum Gasteiger partial charge on any atom is 0.0674 e. The molecule has 0 amide bonds. The summed E-state index contributed by atoms with van der Waals surface area (Å²) in [6, 6.07) is 8.29. The van der Waals surface area contributed by atoms with E-state index in [1.165, 1.54) is 11.1 Å². The highest BCUT2D eigenvalue weighted by atomic mass is 15.3. The lowest BCUT2D eigenvalue weighted by molar-refractivity contribution is 0.872. The Balaban J connectivity index is 2.53. The van der Waals surface area contributed by atoms with Crippen molar-refractivity contribution >= 4 is 0 Å². The number of rotatable bonds is 1. The Bertz CT molecular complexity index is 402. The van der Waals surface area contributed by atoms with Crippen molar-refractivity contribution < 1.29 is 0 Å². The summed E-state index contributed by atoms with van der Waals surface area (Å²) in [4.78, 5) is 0. The van der Waals surface area contributed by atoms with E-state index in [9.17, 15) is 0 Å². The summed E-state index contributed by atoms with van der Waals surface area (Å²) in [5.41, 5.74) is 3.69. The summed E-state index contributed by atoms with van der Waals surface area (Å²) in [7, 11) is 0. The first-order valence-electron chi connectivity index (χ1n) is 4.34. The van der Waals surface area contributed by atoms with Crippen LogP contribution in [-0.2, 0) is 0 Å². The largest absolute Gasteiger partial charge is 0.241 e. The fourth-order valence-corrected chi connectivity index (χ4v) is 1.47. The first-order chi connectivity index (χ1) is 6.27. The molecule has 1 aromatic carbocycles. The maximum atomic E-state index is 4.19. The summed E-state index contributed by atoms with van der Waals surface area (Å²) in [6.45, 7) is 4.20. The van der Waals surface area contributed by atoms with Gasteiger partial charge in [0.2, 0.25) is 0 Å². The third-order valence-electron chi connectivity index (χ3n) is 2.10. The first kappa shape index (κ1) is 8.05. The molecule has 0 N–H and O–H groups in total. The maximum absolute atomic E-state index is 4.19. The van der Waals surface area contributed by atoms with Crippen LogP contribution in [-0.4, -0.2) is 9.78 Å². The van der Waals surface area contributed by atoms with Gasteiger partial charge in [-0.05, 0) is 31.5 Å². The normalized spacial score (nSPS) is 10.3. The van der Waals surface area contributed by atoms with Crippen LogP contribution in [0.25, 0.3) is 5.69 Å². The van der Waals surface area contributed by atoms with Gasteiger partial charge in [0.05, 0.1) is 5.69 Å². The van der Waals surface area contributed by atoms with E-state index in [-0.39, 0.29) is 0 Å². The molecular weight excluding hydrogens is 160 g/mol. The third kappa shape index (κ3) is 1.47. The minimum atomic E-state index is 1.15. The average Bonchev–Trinajstić information content (AvgIpc) is 2.56. The molecule has 1 aromatic heterocycles. The summed E-state index contributed by atoms with van der Waals surface area (Å²) in [6.07, 6.45) is 3.75. The Morgan fingerprint density at radius 1 is 1.23 bits per heavy atom. The van der Waals surface area contributed by atoms with E-state index in [0.717, 1.165) is 5.69 Å². The molecule has 0 saturated carbocycles. The summed E-state index contributed by atoms with van der Waals surface area (Å²) in [5.74, 6) is 0. The van der Waals surface area contributed by atoms with Crippen molar-refractivity contribution in [2.24, 2.45) is 0 Å². The predicted octanol–water partition coefficient (Wildman–Crippen LogP) is 2.49. The number of nitrogens with zero attached hydrogens (tertiary/aromatic N) is 2. The van der Waals surface area contributed by atoms with Crippen LogP contribution in [0.4, 0.5) is 0 Å². The third-order valence-corrected chi connectivity index (χ3v) is 2.10.